The van der Waals surface area contributed by atoms with Crippen molar-refractivity contribution in [1.29, 1.82) is 0 Å². The van der Waals surface area contributed by atoms with E-state index in [1.54, 1.807) is 35.9 Å². The van der Waals surface area contributed by atoms with E-state index in [1.807, 2.05) is 18.2 Å². The highest BCUT2D eigenvalue weighted by atomic mass is 35.5. The summed E-state index contributed by atoms with van der Waals surface area (Å²) in [6.07, 6.45) is 0. The van der Waals surface area contributed by atoms with Crippen LogP contribution in [-0.4, -0.2) is 49.9 Å². The average molecular weight is 530 g/mol. The summed E-state index contributed by atoms with van der Waals surface area (Å²) in [7, 11) is 3.03. The first-order valence-corrected chi connectivity index (χ1v) is 12.2. The lowest BCUT2D eigenvalue weighted by Crippen LogP contribution is -2.37. The van der Waals surface area contributed by atoms with Crippen LogP contribution in [0.15, 0.2) is 52.1 Å². The summed E-state index contributed by atoms with van der Waals surface area (Å²) in [5.41, 5.74) is 1.41. The Morgan fingerprint density at radius 1 is 0.972 bits per heavy atom. The minimum atomic E-state index is -0.463. The van der Waals surface area contributed by atoms with Crippen LogP contribution in [0.3, 0.4) is 0 Å². The van der Waals surface area contributed by atoms with Crippen LogP contribution in [0, 0.1) is 0 Å². The Bertz CT molecular complexity index is 1540. The fraction of sp³-hybridized carbons (Fsp3) is 0.320. The topological polar surface area (TPSA) is 83.5 Å². The van der Waals surface area contributed by atoms with E-state index in [9.17, 15) is 9.59 Å². The summed E-state index contributed by atoms with van der Waals surface area (Å²) in [4.78, 5) is 32.5. The molecule has 1 fully saturated rings. The third-order valence-electron chi connectivity index (χ3n) is 6.29. The van der Waals surface area contributed by atoms with Crippen molar-refractivity contribution < 1.29 is 9.47 Å². The van der Waals surface area contributed by atoms with Crippen LogP contribution in [0.1, 0.15) is 11.1 Å². The van der Waals surface area contributed by atoms with E-state index in [0.29, 0.717) is 42.1 Å². The SMILES string of the molecule is Cn1c(=O)c2c(nc(Oc3ccc(Cl)c(CN4CCOCC4)c3)n2Cc2ccc(Cl)cc2)n(C)c1=O. The van der Waals surface area contributed by atoms with Gasteiger partial charge in [0.15, 0.2) is 11.2 Å². The van der Waals surface area contributed by atoms with Crippen molar-refractivity contribution in [1.82, 2.24) is 23.6 Å². The molecular weight excluding hydrogens is 505 g/mol. The molecule has 11 heteroatoms. The maximum atomic E-state index is 13.1. The molecule has 0 spiro atoms. The number of aromatic nitrogens is 4. The molecule has 1 aliphatic rings. The van der Waals surface area contributed by atoms with E-state index < -0.39 is 11.2 Å². The zero-order valence-electron chi connectivity index (χ0n) is 19.9. The van der Waals surface area contributed by atoms with Gasteiger partial charge in [-0.3, -0.25) is 23.4 Å². The van der Waals surface area contributed by atoms with Crippen LogP contribution in [0.25, 0.3) is 11.2 Å². The van der Waals surface area contributed by atoms with Crippen molar-refractivity contribution in [3.8, 4) is 11.8 Å². The lowest BCUT2D eigenvalue weighted by molar-refractivity contribution is 0.0342. The summed E-state index contributed by atoms with van der Waals surface area (Å²) in [6.45, 7) is 4.00. The molecule has 36 heavy (non-hydrogen) atoms. The molecule has 3 heterocycles. The maximum absolute atomic E-state index is 13.1. The van der Waals surface area contributed by atoms with Crippen molar-refractivity contribution in [3.05, 3.63) is 84.5 Å². The normalized spacial score (nSPS) is 14.4. The summed E-state index contributed by atoms with van der Waals surface area (Å²) < 4.78 is 15.7. The van der Waals surface area contributed by atoms with Gasteiger partial charge in [0.25, 0.3) is 5.56 Å². The number of aryl methyl sites for hydroxylation is 1. The smallest absolute Gasteiger partial charge is 0.332 e. The number of morpholine rings is 1. The van der Waals surface area contributed by atoms with E-state index in [-0.39, 0.29) is 17.2 Å². The Kier molecular flexibility index (Phi) is 6.90. The van der Waals surface area contributed by atoms with E-state index in [4.69, 9.17) is 32.7 Å². The Morgan fingerprint density at radius 2 is 1.69 bits per heavy atom. The first kappa shape index (κ1) is 24.6. The number of imidazole rings is 1. The van der Waals surface area contributed by atoms with Crippen molar-refractivity contribution in [2.45, 2.75) is 13.1 Å². The molecular formula is C25H25Cl2N5O4. The van der Waals surface area contributed by atoms with E-state index in [2.05, 4.69) is 9.88 Å². The highest BCUT2D eigenvalue weighted by molar-refractivity contribution is 6.31. The molecule has 0 amide bonds. The molecule has 0 bridgehead atoms. The number of fused-ring (bicyclic) bond motifs is 1. The van der Waals surface area contributed by atoms with Gasteiger partial charge in [0.1, 0.15) is 5.75 Å². The highest BCUT2D eigenvalue weighted by Crippen LogP contribution is 2.29. The zero-order chi connectivity index (χ0) is 25.4. The average Bonchev–Trinajstić information content (AvgIpc) is 3.23. The highest BCUT2D eigenvalue weighted by Gasteiger charge is 2.21. The Morgan fingerprint density at radius 3 is 2.42 bits per heavy atom. The largest absolute Gasteiger partial charge is 0.425 e. The fourth-order valence-corrected chi connectivity index (χ4v) is 4.57. The Labute approximate surface area is 217 Å². The van der Waals surface area contributed by atoms with E-state index in [1.165, 1.54) is 11.6 Å². The first-order valence-electron chi connectivity index (χ1n) is 11.5. The molecule has 1 aliphatic heterocycles. The van der Waals surface area contributed by atoms with E-state index >= 15 is 0 Å². The molecule has 9 nitrogen and oxygen atoms in total. The van der Waals surface area contributed by atoms with Gasteiger partial charge in [0.05, 0.1) is 19.8 Å². The monoisotopic (exact) mass is 529 g/mol. The molecule has 2 aromatic carbocycles. The molecule has 1 saturated heterocycles. The molecule has 5 rings (SSSR count). The first-order chi connectivity index (χ1) is 17.3. The molecule has 0 unspecified atom stereocenters. The minimum Gasteiger partial charge on any atom is -0.425 e. The quantitative estimate of drug-likeness (QED) is 0.380. The van der Waals surface area contributed by atoms with Crippen molar-refractivity contribution in [2.75, 3.05) is 26.3 Å². The van der Waals surface area contributed by atoms with Crippen LogP contribution < -0.4 is 16.0 Å². The second-order valence-electron chi connectivity index (χ2n) is 8.73. The third kappa shape index (κ3) is 4.79. The van der Waals surface area contributed by atoms with Crippen molar-refractivity contribution in [2.24, 2.45) is 14.1 Å². The van der Waals surface area contributed by atoms with Crippen LogP contribution in [0.4, 0.5) is 0 Å². The second kappa shape index (κ2) is 10.1. The molecule has 188 valence electrons. The Hall–Kier alpha value is -3.11. The summed E-state index contributed by atoms with van der Waals surface area (Å²) in [5.74, 6) is 0.525. The number of hydrogen-bond donors (Lipinski definition) is 0. The number of ether oxygens (including phenoxy) is 2. The predicted octanol–water partition coefficient (Wildman–Crippen LogP) is 3.41. The lowest BCUT2D eigenvalue weighted by atomic mass is 10.2. The number of nitrogens with zero attached hydrogens (tertiary/aromatic N) is 5. The van der Waals surface area contributed by atoms with Gasteiger partial charge in [-0.2, -0.15) is 4.98 Å². The molecule has 0 aliphatic carbocycles. The summed E-state index contributed by atoms with van der Waals surface area (Å²) in [6, 6.07) is 12.9. The summed E-state index contributed by atoms with van der Waals surface area (Å²) >= 11 is 12.5. The van der Waals surface area contributed by atoms with Gasteiger partial charge >= 0.3 is 11.7 Å². The number of halogens is 2. The van der Waals surface area contributed by atoms with Gasteiger partial charge < -0.3 is 9.47 Å². The molecule has 0 atom stereocenters. The van der Waals surface area contributed by atoms with E-state index in [0.717, 1.165) is 28.8 Å². The number of benzene rings is 2. The molecule has 4 aromatic rings. The minimum absolute atomic E-state index is 0.192. The predicted molar refractivity (Wildman–Crippen MR) is 138 cm³/mol. The van der Waals surface area contributed by atoms with Crippen LogP contribution in [0.2, 0.25) is 10.0 Å². The summed E-state index contributed by atoms with van der Waals surface area (Å²) in [5, 5.41) is 1.25. The molecule has 2 aromatic heterocycles. The second-order valence-corrected chi connectivity index (χ2v) is 9.57. The lowest BCUT2D eigenvalue weighted by Gasteiger charge is -2.27. The number of rotatable bonds is 6. The standard InChI is InChI=1S/C25H25Cl2N5O4/c1-29-22-21(23(33)30(2)25(29)34)32(14-16-3-5-18(26)6-4-16)24(28-22)36-19-7-8-20(27)17(13-19)15-31-9-11-35-12-10-31/h3-8,13H,9-12,14-15H2,1-2H3. The van der Waals surface area contributed by atoms with Crippen molar-refractivity contribution >= 4 is 34.4 Å². The molecule has 0 radical (unpaired) electrons. The maximum Gasteiger partial charge on any atom is 0.332 e. The van der Waals surface area contributed by atoms with Gasteiger partial charge in [-0.05, 0) is 41.5 Å². The van der Waals surface area contributed by atoms with Crippen molar-refractivity contribution in [3.63, 3.8) is 0 Å². The number of hydrogen-bond acceptors (Lipinski definition) is 6. The van der Waals surface area contributed by atoms with Gasteiger partial charge in [0, 0.05) is 43.8 Å². The van der Waals surface area contributed by atoms with Crippen LogP contribution in [0.5, 0.6) is 11.8 Å². The zero-order valence-corrected chi connectivity index (χ0v) is 21.4. The fourth-order valence-electron chi connectivity index (χ4n) is 4.26. The van der Waals surface area contributed by atoms with Gasteiger partial charge in [-0.15, -0.1) is 0 Å². The Balaban J connectivity index is 1.57. The van der Waals surface area contributed by atoms with Crippen LogP contribution in [-0.2, 0) is 31.9 Å². The van der Waals surface area contributed by atoms with Crippen LogP contribution >= 0.6 is 23.2 Å². The van der Waals surface area contributed by atoms with Gasteiger partial charge in [-0.1, -0.05) is 35.3 Å². The van der Waals surface area contributed by atoms with Gasteiger partial charge in [-0.25, -0.2) is 4.79 Å². The molecule has 0 N–H and O–H groups in total. The van der Waals surface area contributed by atoms with Gasteiger partial charge in [0.2, 0.25) is 0 Å². The third-order valence-corrected chi connectivity index (χ3v) is 6.91. The molecule has 0 saturated carbocycles.